The molecule has 1 saturated heterocycles. The Morgan fingerprint density at radius 2 is 1.81 bits per heavy atom. The van der Waals surface area contributed by atoms with E-state index in [4.69, 9.17) is 14.2 Å². The number of ether oxygens (including phenoxy) is 3. The van der Waals surface area contributed by atoms with Gasteiger partial charge >= 0.3 is 0 Å². The van der Waals surface area contributed by atoms with Crippen molar-refractivity contribution in [2.24, 2.45) is 4.99 Å². The second-order valence-corrected chi connectivity index (χ2v) is 9.42. The minimum atomic E-state index is -0.194. The number of hydrogen-bond acceptors (Lipinski definition) is 6. The molecule has 37 heavy (non-hydrogen) atoms. The zero-order chi connectivity index (χ0) is 26.2. The number of carbonyl (C=O) groups excluding carboxylic acids is 1. The molecule has 0 spiro atoms. The fraction of sp³-hybridized carbons (Fsp3) is 0.200. The van der Waals surface area contributed by atoms with Gasteiger partial charge in [-0.3, -0.25) is 4.79 Å². The molecule has 1 fully saturated rings. The van der Waals surface area contributed by atoms with Crippen LogP contribution in [0.2, 0.25) is 0 Å². The molecule has 1 heterocycles. The molecule has 0 atom stereocenters. The lowest BCUT2D eigenvalue weighted by Gasteiger charge is -2.17. The summed E-state index contributed by atoms with van der Waals surface area (Å²) in [7, 11) is 1.62. The molecular weight excluding hydrogens is 484 g/mol. The highest BCUT2D eigenvalue weighted by molar-refractivity contribution is 8.18. The van der Waals surface area contributed by atoms with Gasteiger partial charge in [-0.15, -0.1) is 6.58 Å². The van der Waals surface area contributed by atoms with Gasteiger partial charge in [0.2, 0.25) is 0 Å². The van der Waals surface area contributed by atoms with Crippen LogP contribution < -0.4 is 19.5 Å². The Morgan fingerprint density at radius 3 is 2.49 bits per heavy atom. The second-order valence-electron chi connectivity index (χ2n) is 8.39. The lowest BCUT2D eigenvalue weighted by atomic mass is 10.0. The van der Waals surface area contributed by atoms with E-state index < -0.39 is 0 Å². The SMILES string of the molecule is C=CCc1cc(/C=C2/SC(=Nc3ccc(OC)cc3)NC2=O)cc(OCC)c1OCc1ccc(C)cc1. The van der Waals surface area contributed by atoms with Crippen LogP contribution in [-0.2, 0) is 17.8 Å². The molecule has 1 aliphatic rings. The number of hydrogen-bond donors (Lipinski definition) is 1. The van der Waals surface area contributed by atoms with Gasteiger partial charge < -0.3 is 19.5 Å². The number of carbonyl (C=O) groups is 1. The van der Waals surface area contributed by atoms with E-state index in [2.05, 4.69) is 48.1 Å². The average Bonchev–Trinajstić information content (AvgIpc) is 3.23. The molecule has 190 valence electrons. The van der Waals surface area contributed by atoms with Gasteiger partial charge in [0.15, 0.2) is 16.7 Å². The highest BCUT2D eigenvalue weighted by Crippen LogP contribution is 2.37. The van der Waals surface area contributed by atoms with Crippen LogP contribution in [-0.4, -0.2) is 24.8 Å². The van der Waals surface area contributed by atoms with E-state index in [9.17, 15) is 4.79 Å². The standard InChI is InChI=1S/C30H30N2O4S/c1-5-7-23-16-22(17-26(35-6-2)28(23)36-19-21-10-8-20(3)9-11-21)18-27-29(33)32-30(37-27)31-24-12-14-25(34-4)15-13-24/h5,8-18H,1,6-7,19H2,2-4H3,(H,31,32,33)/b27-18+. The summed E-state index contributed by atoms with van der Waals surface area (Å²) in [6, 6.07) is 19.5. The number of amidine groups is 1. The lowest BCUT2D eigenvalue weighted by molar-refractivity contribution is -0.115. The van der Waals surface area contributed by atoms with Gasteiger partial charge in [-0.25, -0.2) is 4.99 Å². The van der Waals surface area contributed by atoms with Crippen LogP contribution in [0.5, 0.6) is 17.2 Å². The van der Waals surface area contributed by atoms with Crippen LogP contribution in [0.15, 0.2) is 83.2 Å². The van der Waals surface area contributed by atoms with Gasteiger partial charge in [-0.2, -0.15) is 0 Å². The van der Waals surface area contributed by atoms with Crippen molar-refractivity contribution in [3.63, 3.8) is 0 Å². The van der Waals surface area contributed by atoms with Crippen LogP contribution in [0.1, 0.15) is 29.2 Å². The summed E-state index contributed by atoms with van der Waals surface area (Å²) in [6.07, 6.45) is 4.27. The summed E-state index contributed by atoms with van der Waals surface area (Å²) in [4.78, 5) is 17.8. The topological polar surface area (TPSA) is 69.2 Å². The third-order valence-corrected chi connectivity index (χ3v) is 6.48. The van der Waals surface area contributed by atoms with Crippen LogP contribution in [0, 0.1) is 6.92 Å². The van der Waals surface area contributed by atoms with Crippen molar-refractivity contribution in [1.82, 2.24) is 5.32 Å². The fourth-order valence-electron chi connectivity index (χ4n) is 3.75. The Hall–Kier alpha value is -3.97. The van der Waals surface area contributed by atoms with Gasteiger partial charge in [-0.1, -0.05) is 35.9 Å². The van der Waals surface area contributed by atoms with Gasteiger partial charge in [0.1, 0.15) is 12.4 Å². The summed E-state index contributed by atoms with van der Waals surface area (Å²) in [5, 5.41) is 3.36. The molecule has 1 N–H and O–H groups in total. The first-order valence-electron chi connectivity index (χ1n) is 12.0. The molecule has 0 saturated carbocycles. The van der Waals surface area contributed by atoms with Crippen LogP contribution in [0.3, 0.4) is 0 Å². The number of aryl methyl sites for hydroxylation is 1. The molecule has 3 aromatic carbocycles. The number of allylic oxidation sites excluding steroid dienone is 1. The summed E-state index contributed by atoms with van der Waals surface area (Å²) in [5.41, 5.74) is 4.79. The molecular formula is C30H30N2O4S. The Balaban J connectivity index is 1.59. The van der Waals surface area contributed by atoms with E-state index in [0.29, 0.717) is 41.2 Å². The minimum absolute atomic E-state index is 0.194. The normalized spacial score (nSPS) is 15.1. The predicted octanol–water partition coefficient (Wildman–Crippen LogP) is 6.60. The summed E-state index contributed by atoms with van der Waals surface area (Å²) in [5.74, 6) is 1.88. The van der Waals surface area contributed by atoms with E-state index >= 15 is 0 Å². The summed E-state index contributed by atoms with van der Waals surface area (Å²) < 4.78 is 17.4. The Labute approximate surface area is 222 Å². The van der Waals surface area contributed by atoms with Crippen molar-refractivity contribution in [3.8, 4) is 17.2 Å². The van der Waals surface area contributed by atoms with E-state index in [1.807, 2.05) is 55.5 Å². The van der Waals surface area contributed by atoms with Crippen molar-refractivity contribution in [3.05, 3.63) is 100 Å². The molecule has 0 aromatic heterocycles. The number of thioether (sulfide) groups is 1. The summed E-state index contributed by atoms with van der Waals surface area (Å²) >= 11 is 1.30. The summed E-state index contributed by atoms with van der Waals surface area (Å²) in [6.45, 7) is 8.81. The second kappa shape index (κ2) is 12.3. The fourth-order valence-corrected chi connectivity index (χ4v) is 4.59. The predicted molar refractivity (Wildman–Crippen MR) is 151 cm³/mol. The van der Waals surface area contributed by atoms with Gasteiger partial charge in [0, 0.05) is 5.56 Å². The van der Waals surface area contributed by atoms with E-state index in [1.54, 1.807) is 7.11 Å². The molecule has 0 unspecified atom stereocenters. The maximum atomic E-state index is 12.7. The Bertz CT molecular complexity index is 1330. The zero-order valence-electron chi connectivity index (χ0n) is 21.2. The molecule has 0 bridgehead atoms. The smallest absolute Gasteiger partial charge is 0.264 e. The van der Waals surface area contributed by atoms with E-state index in [-0.39, 0.29) is 5.91 Å². The van der Waals surface area contributed by atoms with Crippen molar-refractivity contribution in [2.45, 2.75) is 26.9 Å². The lowest BCUT2D eigenvalue weighted by Crippen LogP contribution is -2.19. The van der Waals surface area contributed by atoms with Crippen LogP contribution >= 0.6 is 11.8 Å². The monoisotopic (exact) mass is 514 g/mol. The number of amides is 1. The largest absolute Gasteiger partial charge is 0.497 e. The van der Waals surface area contributed by atoms with E-state index in [0.717, 1.165) is 28.1 Å². The minimum Gasteiger partial charge on any atom is -0.497 e. The number of rotatable bonds is 10. The first-order chi connectivity index (χ1) is 18.0. The number of methoxy groups -OCH3 is 1. The quantitative estimate of drug-likeness (QED) is 0.244. The highest BCUT2D eigenvalue weighted by atomic mass is 32.2. The molecule has 7 heteroatoms. The molecule has 1 amide bonds. The number of nitrogens with zero attached hydrogens (tertiary/aromatic N) is 1. The van der Waals surface area contributed by atoms with Crippen LogP contribution in [0.25, 0.3) is 6.08 Å². The number of benzene rings is 3. The third kappa shape index (κ3) is 6.83. The van der Waals surface area contributed by atoms with Crippen molar-refractivity contribution in [2.75, 3.05) is 13.7 Å². The Kier molecular flexibility index (Phi) is 8.69. The maximum absolute atomic E-state index is 12.7. The maximum Gasteiger partial charge on any atom is 0.264 e. The zero-order valence-corrected chi connectivity index (χ0v) is 22.1. The third-order valence-electron chi connectivity index (χ3n) is 5.57. The van der Waals surface area contributed by atoms with Crippen molar-refractivity contribution in [1.29, 1.82) is 0 Å². The molecule has 3 aromatic rings. The number of nitrogens with one attached hydrogen (secondary N) is 1. The molecule has 1 aliphatic heterocycles. The number of aliphatic imine (C=N–C) groups is 1. The molecule has 6 nitrogen and oxygen atoms in total. The molecule has 4 rings (SSSR count). The van der Waals surface area contributed by atoms with Crippen molar-refractivity contribution >= 4 is 34.6 Å². The molecule has 0 aliphatic carbocycles. The first-order valence-corrected chi connectivity index (χ1v) is 12.8. The molecule has 0 radical (unpaired) electrons. The van der Waals surface area contributed by atoms with Crippen LogP contribution in [0.4, 0.5) is 5.69 Å². The average molecular weight is 515 g/mol. The van der Waals surface area contributed by atoms with Gasteiger partial charge in [0.05, 0.1) is 24.3 Å². The van der Waals surface area contributed by atoms with E-state index in [1.165, 1.54) is 17.3 Å². The van der Waals surface area contributed by atoms with Crippen molar-refractivity contribution < 1.29 is 19.0 Å². The van der Waals surface area contributed by atoms with Gasteiger partial charge in [-0.05, 0) is 85.6 Å². The Morgan fingerprint density at radius 1 is 1.05 bits per heavy atom. The highest BCUT2D eigenvalue weighted by Gasteiger charge is 2.24. The first kappa shape index (κ1) is 26.1. The van der Waals surface area contributed by atoms with Gasteiger partial charge in [0.25, 0.3) is 5.91 Å².